The smallest absolute Gasteiger partial charge is 0.289 e. The van der Waals surface area contributed by atoms with E-state index >= 15 is 0 Å². The van der Waals surface area contributed by atoms with Crippen molar-refractivity contribution in [1.82, 2.24) is 14.8 Å². The predicted octanol–water partition coefficient (Wildman–Crippen LogP) is 3.11. The number of hydrogen-bond acceptors (Lipinski definition) is 6. The first-order chi connectivity index (χ1) is 12.6. The van der Waals surface area contributed by atoms with Crippen molar-refractivity contribution in [3.8, 4) is 10.6 Å². The lowest BCUT2D eigenvalue weighted by Crippen LogP contribution is -2.48. The minimum absolute atomic E-state index is 0.0877. The summed E-state index contributed by atoms with van der Waals surface area (Å²) in [6.07, 6.45) is 1.25. The zero-order chi connectivity index (χ0) is 18.1. The van der Waals surface area contributed by atoms with Crippen molar-refractivity contribution in [1.29, 1.82) is 0 Å². The summed E-state index contributed by atoms with van der Waals surface area (Å²) in [5.74, 6) is 0.0334. The number of nitrogens with zero attached hydrogens (tertiary/aromatic N) is 3. The monoisotopic (exact) mass is 387 g/mol. The van der Waals surface area contributed by atoms with Gasteiger partial charge in [-0.15, -0.1) is 11.3 Å². The van der Waals surface area contributed by atoms with Gasteiger partial charge in [-0.1, -0.05) is 42.1 Å². The SMILES string of the molecule is O=C(c1csc(-c2ccccc2)n1)N1CCC(N2C(=O)CSC2=O)CC1. The molecule has 8 heteroatoms. The van der Waals surface area contributed by atoms with Crippen molar-refractivity contribution in [2.75, 3.05) is 18.8 Å². The van der Waals surface area contributed by atoms with E-state index in [1.165, 1.54) is 16.2 Å². The van der Waals surface area contributed by atoms with E-state index in [2.05, 4.69) is 4.98 Å². The zero-order valence-electron chi connectivity index (χ0n) is 14.0. The second-order valence-electron chi connectivity index (χ2n) is 6.25. The van der Waals surface area contributed by atoms with Gasteiger partial charge in [-0.3, -0.25) is 19.3 Å². The molecule has 2 saturated heterocycles. The van der Waals surface area contributed by atoms with E-state index in [0.29, 0.717) is 31.6 Å². The molecule has 0 atom stereocenters. The van der Waals surface area contributed by atoms with Crippen LogP contribution in [0.15, 0.2) is 35.7 Å². The Bertz CT molecular complexity index is 828. The molecule has 6 nitrogen and oxygen atoms in total. The molecule has 1 aromatic heterocycles. The first-order valence-corrected chi connectivity index (χ1v) is 10.3. The third kappa shape index (κ3) is 3.26. The summed E-state index contributed by atoms with van der Waals surface area (Å²) < 4.78 is 0. The number of amides is 3. The number of carbonyl (C=O) groups excluding carboxylic acids is 3. The Hall–Kier alpha value is -2.19. The molecule has 0 aliphatic carbocycles. The Kier molecular flexibility index (Phi) is 4.78. The highest BCUT2D eigenvalue weighted by Gasteiger charge is 2.38. The lowest BCUT2D eigenvalue weighted by molar-refractivity contribution is -0.126. The van der Waals surface area contributed by atoms with Gasteiger partial charge in [-0.05, 0) is 12.8 Å². The molecule has 0 bridgehead atoms. The Morgan fingerprint density at radius 1 is 1.12 bits per heavy atom. The summed E-state index contributed by atoms with van der Waals surface area (Å²) in [5, 5.41) is 2.46. The Morgan fingerprint density at radius 3 is 2.50 bits per heavy atom. The second kappa shape index (κ2) is 7.20. The van der Waals surface area contributed by atoms with Crippen LogP contribution in [0.25, 0.3) is 10.6 Å². The van der Waals surface area contributed by atoms with Crippen LogP contribution >= 0.6 is 23.1 Å². The number of piperidine rings is 1. The van der Waals surface area contributed by atoms with E-state index in [0.717, 1.165) is 22.3 Å². The lowest BCUT2D eigenvalue weighted by Gasteiger charge is -2.35. The summed E-state index contributed by atoms with van der Waals surface area (Å²) in [6.45, 7) is 1.06. The molecule has 1 aromatic carbocycles. The summed E-state index contributed by atoms with van der Waals surface area (Å²) in [6, 6.07) is 9.69. The quantitative estimate of drug-likeness (QED) is 0.809. The van der Waals surface area contributed by atoms with Crippen molar-refractivity contribution in [3.05, 3.63) is 41.4 Å². The molecule has 2 fully saturated rings. The first-order valence-electron chi connectivity index (χ1n) is 8.42. The van der Waals surface area contributed by atoms with Crippen LogP contribution in [0.3, 0.4) is 0 Å². The van der Waals surface area contributed by atoms with E-state index in [1.54, 1.807) is 10.3 Å². The van der Waals surface area contributed by atoms with Crippen LogP contribution < -0.4 is 0 Å². The summed E-state index contributed by atoms with van der Waals surface area (Å²) in [4.78, 5) is 44.0. The van der Waals surface area contributed by atoms with Gasteiger partial charge in [0.1, 0.15) is 10.7 Å². The molecule has 4 rings (SSSR count). The minimum atomic E-state index is -0.160. The molecule has 0 spiro atoms. The van der Waals surface area contributed by atoms with E-state index in [-0.39, 0.29) is 28.8 Å². The fourth-order valence-electron chi connectivity index (χ4n) is 3.29. The maximum absolute atomic E-state index is 12.7. The fourth-order valence-corrected chi connectivity index (χ4v) is 4.87. The highest BCUT2D eigenvalue weighted by atomic mass is 32.2. The van der Waals surface area contributed by atoms with Crippen LogP contribution in [0.4, 0.5) is 4.79 Å². The third-order valence-electron chi connectivity index (χ3n) is 4.65. The number of hydrogen-bond donors (Lipinski definition) is 0. The zero-order valence-corrected chi connectivity index (χ0v) is 15.6. The van der Waals surface area contributed by atoms with Gasteiger partial charge in [-0.2, -0.15) is 0 Å². The van der Waals surface area contributed by atoms with Crippen LogP contribution in [-0.2, 0) is 4.79 Å². The first kappa shape index (κ1) is 17.2. The number of thiazole rings is 1. The van der Waals surface area contributed by atoms with Gasteiger partial charge in [0.25, 0.3) is 11.1 Å². The molecular formula is C18H17N3O3S2. The number of imide groups is 1. The van der Waals surface area contributed by atoms with Crippen molar-refractivity contribution in [3.63, 3.8) is 0 Å². The number of thioether (sulfide) groups is 1. The molecule has 26 heavy (non-hydrogen) atoms. The maximum atomic E-state index is 12.7. The topological polar surface area (TPSA) is 70.6 Å². The highest BCUT2D eigenvalue weighted by molar-refractivity contribution is 8.14. The Balaban J connectivity index is 1.40. The fraction of sp³-hybridized carbons (Fsp3) is 0.333. The van der Waals surface area contributed by atoms with Gasteiger partial charge in [0, 0.05) is 30.1 Å². The molecule has 3 amide bonds. The maximum Gasteiger partial charge on any atom is 0.289 e. The molecule has 0 unspecified atom stereocenters. The molecule has 134 valence electrons. The van der Waals surface area contributed by atoms with E-state index in [9.17, 15) is 14.4 Å². The summed E-state index contributed by atoms with van der Waals surface area (Å²) in [7, 11) is 0. The normalized spacial score (nSPS) is 18.6. The second-order valence-corrected chi connectivity index (χ2v) is 8.03. The standard InChI is InChI=1S/C18H17N3O3S2/c22-15-11-26-18(24)21(15)13-6-8-20(9-7-13)17(23)14-10-25-16(19-14)12-4-2-1-3-5-12/h1-5,10,13H,6-9,11H2. The van der Waals surface area contributed by atoms with Crippen molar-refractivity contribution >= 4 is 40.2 Å². The van der Waals surface area contributed by atoms with Crippen LogP contribution in [0.2, 0.25) is 0 Å². The van der Waals surface area contributed by atoms with E-state index in [1.807, 2.05) is 30.3 Å². The molecule has 2 aliphatic rings. The minimum Gasteiger partial charge on any atom is -0.337 e. The van der Waals surface area contributed by atoms with Crippen LogP contribution in [0.1, 0.15) is 23.3 Å². The molecule has 0 saturated carbocycles. The van der Waals surface area contributed by atoms with Crippen LogP contribution in [0, 0.1) is 0 Å². The van der Waals surface area contributed by atoms with Gasteiger partial charge in [0.05, 0.1) is 5.75 Å². The number of likely N-dealkylation sites (tertiary alicyclic amines) is 1. The molecule has 3 heterocycles. The number of rotatable bonds is 3. The summed E-state index contributed by atoms with van der Waals surface area (Å²) >= 11 is 2.52. The van der Waals surface area contributed by atoms with Crippen molar-refractivity contribution < 1.29 is 14.4 Å². The lowest BCUT2D eigenvalue weighted by atomic mass is 10.0. The van der Waals surface area contributed by atoms with Crippen molar-refractivity contribution in [2.24, 2.45) is 0 Å². The Morgan fingerprint density at radius 2 is 1.85 bits per heavy atom. The highest BCUT2D eigenvalue weighted by Crippen LogP contribution is 2.28. The molecule has 2 aliphatic heterocycles. The summed E-state index contributed by atoms with van der Waals surface area (Å²) in [5.41, 5.74) is 1.45. The van der Waals surface area contributed by atoms with E-state index < -0.39 is 0 Å². The van der Waals surface area contributed by atoms with Gasteiger partial charge in [0.15, 0.2) is 0 Å². The predicted molar refractivity (Wildman–Crippen MR) is 101 cm³/mol. The van der Waals surface area contributed by atoms with Crippen LogP contribution in [-0.4, -0.2) is 56.7 Å². The molecule has 0 N–H and O–H groups in total. The van der Waals surface area contributed by atoms with Crippen molar-refractivity contribution in [2.45, 2.75) is 18.9 Å². The van der Waals surface area contributed by atoms with Gasteiger partial charge >= 0.3 is 0 Å². The molecule has 2 aromatic rings. The van der Waals surface area contributed by atoms with Crippen LogP contribution in [0.5, 0.6) is 0 Å². The largest absolute Gasteiger partial charge is 0.337 e. The Labute approximate surface area is 159 Å². The number of aromatic nitrogens is 1. The average molecular weight is 387 g/mol. The molecular weight excluding hydrogens is 370 g/mol. The van der Waals surface area contributed by atoms with E-state index in [4.69, 9.17) is 0 Å². The third-order valence-corrected chi connectivity index (χ3v) is 6.37. The van der Waals surface area contributed by atoms with Gasteiger partial charge in [-0.25, -0.2) is 4.98 Å². The van der Waals surface area contributed by atoms with Gasteiger partial charge in [0.2, 0.25) is 5.91 Å². The average Bonchev–Trinajstić information content (AvgIpc) is 3.29. The number of benzene rings is 1. The van der Waals surface area contributed by atoms with Gasteiger partial charge < -0.3 is 4.90 Å². The number of carbonyl (C=O) groups is 3. The molecule has 0 radical (unpaired) electrons.